The van der Waals surface area contributed by atoms with Crippen LogP contribution in [0.5, 0.6) is 0 Å². The fraction of sp³-hybridized carbons (Fsp3) is 0.933. The van der Waals surface area contributed by atoms with E-state index in [1.165, 1.54) is 0 Å². The molecule has 0 aromatic rings. The smallest absolute Gasteiger partial charge is 0.359 e. The predicted octanol–water partition coefficient (Wildman–Crippen LogP) is 3.64. The van der Waals surface area contributed by atoms with E-state index in [1.807, 2.05) is 27.9 Å². The first-order valence-electron chi connectivity index (χ1n) is 6.87. The lowest BCUT2D eigenvalue weighted by Crippen LogP contribution is -2.50. The van der Waals surface area contributed by atoms with Crippen LogP contribution in [0.4, 0.5) is 0 Å². The molecule has 0 aromatic carbocycles. The highest BCUT2D eigenvalue weighted by Crippen LogP contribution is 2.34. The van der Waals surface area contributed by atoms with Gasteiger partial charge in [0.25, 0.3) is 0 Å². The Morgan fingerprint density at radius 2 is 1.44 bits per heavy atom. The molecule has 0 heterocycles. The number of rotatable bonds is 5. The maximum absolute atomic E-state index is 10.8. The van der Waals surface area contributed by atoms with Gasteiger partial charge in [0, 0.05) is 5.41 Å². The van der Waals surface area contributed by atoms with Crippen LogP contribution in [0.1, 0.15) is 54.9 Å². The first-order chi connectivity index (χ1) is 7.83. The van der Waals surface area contributed by atoms with Crippen molar-refractivity contribution in [3.05, 3.63) is 0 Å². The minimum Gasteiger partial charge on any atom is -0.477 e. The van der Waals surface area contributed by atoms with Crippen LogP contribution in [0.2, 0.25) is 0 Å². The maximum Gasteiger partial charge on any atom is 0.359 e. The van der Waals surface area contributed by atoms with Crippen LogP contribution in [0, 0.1) is 10.8 Å². The summed E-state index contributed by atoms with van der Waals surface area (Å²) < 4.78 is 0.540. The van der Waals surface area contributed by atoms with Gasteiger partial charge in [-0.2, -0.15) is 0 Å². The molecule has 1 N–H and O–H groups in total. The fourth-order valence-electron chi connectivity index (χ4n) is 3.07. The van der Waals surface area contributed by atoms with Gasteiger partial charge in [-0.3, -0.25) is 0 Å². The standard InChI is InChI=1S/C13H27NO2.C2H6/c1-12(2,3)9-13(4,5)10-14(6,7)8-11(15)16;1-2/h8-10H2,1-7H3;1-2H3/p+1. The number of nitrogens with zero attached hydrogens (tertiary/aromatic N) is 1. The summed E-state index contributed by atoms with van der Waals surface area (Å²) in [4.78, 5) is 10.8. The number of hydrogen-bond donors (Lipinski definition) is 1. The van der Waals surface area contributed by atoms with Crippen LogP contribution in [0.25, 0.3) is 0 Å². The van der Waals surface area contributed by atoms with Crippen LogP contribution < -0.4 is 0 Å². The minimum absolute atomic E-state index is 0.164. The monoisotopic (exact) mass is 260 g/mol. The molecule has 18 heavy (non-hydrogen) atoms. The lowest BCUT2D eigenvalue weighted by molar-refractivity contribution is -0.889. The Balaban J connectivity index is 0. The van der Waals surface area contributed by atoms with E-state index < -0.39 is 5.97 Å². The fourth-order valence-corrected chi connectivity index (χ4v) is 3.07. The van der Waals surface area contributed by atoms with E-state index in [0.717, 1.165) is 13.0 Å². The summed E-state index contributed by atoms with van der Waals surface area (Å²) in [7, 11) is 3.97. The predicted molar refractivity (Wildman–Crippen MR) is 78.7 cm³/mol. The molecule has 0 rings (SSSR count). The van der Waals surface area contributed by atoms with Crippen molar-refractivity contribution in [2.45, 2.75) is 54.9 Å². The van der Waals surface area contributed by atoms with Gasteiger partial charge in [-0.1, -0.05) is 48.5 Å². The van der Waals surface area contributed by atoms with E-state index in [-0.39, 0.29) is 17.4 Å². The number of quaternary nitrogens is 1. The van der Waals surface area contributed by atoms with Crippen molar-refractivity contribution in [1.82, 2.24) is 0 Å². The molecule has 0 aliphatic heterocycles. The molecule has 0 fully saturated rings. The Kier molecular flexibility index (Phi) is 7.82. The SMILES string of the molecule is CC.CC(C)(C)CC(C)(C)C[N+](C)(C)CC(=O)O. The van der Waals surface area contributed by atoms with E-state index in [1.54, 1.807) is 0 Å². The van der Waals surface area contributed by atoms with Crippen molar-refractivity contribution in [2.75, 3.05) is 27.2 Å². The molecule has 0 saturated heterocycles. The summed E-state index contributed by atoms with van der Waals surface area (Å²) in [6.45, 7) is 16.2. The second-order valence-corrected chi connectivity index (χ2v) is 7.55. The van der Waals surface area contributed by atoms with E-state index in [4.69, 9.17) is 5.11 Å². The van der Waals surface area contributed by atoms with Crippen LogP contribution in [0.15, 0.2) is 0 Å². The Morgan fingerprint density at radius 1 is 1.06 bits per heavy atom. The van der Waals surface area contributed by atoms with Crippen molar-refractivity contribution >= 4 is 5.97 Å². The van der Waals surface area contributed by atoms with Gasteiger partial charge in [-0.05, 0) is 11.8 Å². The summed E-state index contributed by atoms with van der Waals surface area (Å²) in [6, 6.07) is 0. The number of likely N-dealkylation sites (N-methyl/N-ethyl adjacent to an activating group) is 1. The van der Waals surface area contributed by atoms with Crippen LogP contribution in [-0.4, -0.2) is 42.7 Å². The number of aliphatic carboxylic acids is 1. The third-order valence-electron chi connectivity index (χ3n) is 2.43. The molecular weight excluding hydrogens is 226 g/mol. The first kappa shape index (κ1) is 19.8. The molecule has 0 spiro atoms. The highest BCUT2D eigenvalue weighted by molar-refractivity contribution is 5.67. The summed E-state index contributed by atoms with van der Waals surface area (Å²) in [5, 5.41) is 8.86. The number of carboxylic acids is 1. The lowest BCUT2D eigenvalue weighted by atomic mass is 9.76. The molecule has 0 aliphatic rings. The zero-order chi connectivity index (χ0) is 15.2. The van der Waals surface area contributed by atoms with Crippen LogP contribution in [0.3, 0.4) is 0 Å². The molecule has 0 saturated carbocycles. The third-order valence-corrected chi connectivity index (χ3v) is 2.43. The zero-order valence-electron chi connectivity index (χ0n) is 13.9. The molecule has 0 amide bonds. The molecule has 0 unspecified atom stereocenters. The molecule has 0 aliphatic carbocycles. The Bertz CT molecular complexity index is 250. The van der Waals surface area contributed by atoms with Gasteiger partial charge >= 0.3 is 5.97 Å². The third kappa shape index (κ3) is 11.9. The van der Waals surface area contributed by atoms with E-state index in [2.05, 4.69) is 34.6 Å². The van der Waals surface area contributed by atoms with Gasteiger partial charge in [0.2, 0.25) is 0 Å². The van der Waals surface area contributed by atoms with Gasteiger partial charge in [0.05, 0.1) is 20.6 Å². The van der Waals surface area contributed by atoms with Crippen molar-refractivity contribution in [2.24, 2.45) is 10.8 Å². The molecule has 3 heteroatoms. The normalized spacial score (nSPS) is 12.7. The van der Waals surface area contributed by atoms with Gasteiger partial charge in [0.1, 0.15) is 0 Å². The van der Waals surface area contributed by atoms with Gasteiger partial charge in [-0.25, -0.2) is 4.79 Å². The Labute approximate surface area is 114 Å². The number of hydrogen-bond acceptors (Lipinski definition) is 1. The quantitative estimate of drug-likeness (QED) is 0.766. The molecule has 0 aromatic heterocycles. The molecule has 0 radical (unpaired) electrons. The number of carboxylic acid groups (broad SMARTS) is 1. The lowest BCUT2D eigenvalue weighted by Gasteiger charge is -2.39. The van der Waals surface area contributed by atoms with Crippen molar-refractivity contribution < 1.29 is 14.4 Å². The topological polar surface area (TPSA) is 37.3 Å². The zero-order valence-corrected chi connectivity index (χ0v) is 13.9. The maximum atomic E-state index is 10.8. The highest BCUT2D eigenvalue weighted by atomic mass is 16.4. The van der Waals surface area contributed by atoms with Crippen molar-refractivity contribution in [1.29, 1.82) is 0 Å². The molecule has 3 nitrogen and oxygen atoms in total. The average Bonchev–Trinajstić information content (AvgIpc) is 1.96. The van der Waals surface area contributed by atoms with E-state index in [0.29, 0.717) is 4.48 Å². The van der Waals surface area contributed by atoms with Crippen molar-refractivity contribution in [3.63, 3.8) is 0 Å². The van der Waals surface area contributed by atoms with Gasteiger partial charge in [-0.15, -0.1) is 0 Å². The van der Waals surface area contributed by atoms with Crippen molar-refractivity contribution in [3.8, 4) is 0 Å². The molecule has 110 valence electrons. The molecule has 0 bridgehead atoms. The van der Waals surface area contributed by atoms with Crippen LogP contribution in [-0.2, 0) is 4.79 Å². The number of carbonyl (C=O) groups is 1. The van der Waals surface area contributed by atoms with E-state index >= 15 is 0 Å². The summed E-state index contributed by atoms with van der Waals surface area (Å²) >= 11 is 0. The largest absolute Gasteiger partial charge is 0.477 e. The second-order valence-electron chi connectivity index (χ2n) is 7.55. The summed E-state index contributed by atoms with van der Waals surface area (Å²) in [6.07, 6.45) is 1.10. The van der Waals surface area contributed by atoms with Crippen LogP contribution >= 0.6 is 0 Å². The Hall–Kier alpha value is -0.570. The van der Waals surface area contributed by atoms with Gasteiger partial charge < -0.3 is 9.59 Å². The Morgan fingerprint density at radius 3 is 1.72 bits per heavy atom. The molecular formula is C15H34NO2+. The summed E-state index contributed by atoms with van der Waals surface area (Å²) in [5.74, 6) is -0.725. The average molecular weight is 260 g/mol. The molecule has 0 atom stereocenters. The first-order valence-corrected chi connectivity index (χ1v) is 6.87. The highest BCUT2D eigenvalue weighted by Gasteiger charge is 2.33. The minimum atomic E-state index is -0.725. The summed E-state index contributed by atoms with van der Waals surface area (Å²) in [5.41, 5.74) is 0.448. The van der Waals surface area contributed by atoms with E-state index in [9.17, 15) is 4.79 Å². The van der Waals surface area contributed by atoms with Gasteiger partial charge in [0.15, 0.2) is 6.54 Å². The second kappa shape index (κ2) is 7.13.